The van der Waals surface area contributed by atoms with Crippen LogP contribution in [0.1, 0.15) is 44.5 Å². The van der Waals surface area contributed by atoms with Crippen LogP contribution in [0.4, 0.5) is 9.18 Å². The van der Waals surface area contributed by atoms with Crippen molar-refractivity contribution < 1.29 is 28.2 Å². The van der Waals surface area contributed by atoms with E-state index in [0.717, 1.165) is 0 Å². The quantitative estimate of drug-likeness (QED) is 0.729. The summed E-state index contributed by atoms with van der Waals surface area (Å²) in [7, 11) is 0. The molecule has 1 aromatic heterocycles. The molecule has 0 spiro atoms. The van der Waals surface area contributed by atoms with Crippen LogP contribution in [0.25, 0.3) is 0 Å². The minimum absolute atomic E-state index is 0.0172. The molecular formula is C16H23FN2O5. The Morgan fingerprint density at radius 2 is 1.92 bits per heavy atom. The molecule has 2 N–H and O–H groups in total. The second kappa shape index (κ2) is 8.47. The Morgan fingerprint density at radius 1 is 1.29 bits per heavy atom. The molecule has 134 valence electrons. The summed E-state index contributed by atoms with van der Waals surface area (Å²) in [6.45, 7) is 6.12. The van der Waals surface area contributed by atoms with Crippen molar-refractivity contribution in [3.8, 4) is 11.5 Å². The number of carbonyl (C=O) groups is 2. The van der Waals surface area contributed by atoms with Gasteiger partial charge < -0.3 is 19.9 Å². The van der Waals surface area contributed by atoms with Crippen LogP contribution in [0.15, 0.2) is 12.4 Å². The molecule has 0 saturated heterocycles. The van der Waals surface area contributed by atoms with Gasteiger partial charge in [-0.3, -0.25) is 9.78 Å². The number of nitrogens with zero attached hydrogens (tertiary/aromatic N) is 1. The van der Waals surface area contributed by atoms with E-state index in [2.05, 4.69) is 4.98 Å². The normalized spacial score (nSPS) is 12.4. The summed E-state index contributed by atoms with van der Waals surface area (Å²) in [6, 6.07) is 0. The van der Waals surface area contributed by atoms with Gasteiger partial charge in [-0.1, -0.05) is 20.8 Å². The average molecular weight is 342 g/mol. The first-order chi connectivity index (χ1) is 11.2. The molecule has 0 fully saturated rings. The summed E-state index contributed by atoms with van der Waals surface area (Å²) in [5.41, 5.74) is 4.74. The van der Waals surface area contributed by atoms with Crippen molar-refractivity contribution in [2.24, 2.45) is 11.1 Å². The molecule has 0 aliphatic heterocycles. The molecule has 0 aliphatic carbocycles. The fourth-order valence-corrected chi connectivity index (χ4v) is 2.12. The smallest absolute Gasteiger partial charge is 0.404 e. The monoisotopic (exact) mass is 342 g/mol. The second-order valence-electron chi connectivity index (χ2n) is 6.25. The first-order valence-electron chi connectivity index (χ1n) is 7.43. The molecule has 1 heterocycles. The lowest BCUT2D eigenvalue weighted by Gasteiger charge is -2.31. The van der Waals surface area contributed by atoms with Gasteiger partial charge in [0.05, 0.1) is 19.0 Å². The van der Waals surface area contributed by atoms with E-state index in [0.29, 0.717) is 6.42 Å². The van der Waals surface area contributed by atoms with E-state index in [1.165, 1.54) is 19.3 Å². The van der Waals surface area contributed by atoms with Gasteiger partial charge in [0.15, 0.2) is 17.3 Å². The van der Waals surface area contributed by atoms with Crippen molar-refractivity contribution >= 4 is 11.9 Å². The fraction of sp³-hybridized carbons (Fsp3) is 0.562. The Bertz CT molecular complexity index is 586. The summed E-state index contributed by atoms with van der Waals surface area (Å²) >= 11 is 0. The lowest BCUT2D eigenvalue weighted by atomic mass is 9.87. The van der Waals surface area contributed by atoms with E-state index in [1.54, 1.807) is 0 Å². The minimum Gasteiger partial charge on any atom is -0.487 e. The van der Waals surface area contributed by atoms with E-state index in [-0.39, 0.29) is 34.9 Å². The van der Waals surface area contributed by atoms with E-state index >= 15 is 0 Å². The van der Waals surface area contributed by atoms with Crippen LogP contribution >= 0.6 is 0 Å². The summed E-state index contributed by atoms with van der Waals surface area (Å²) in [5.74, 6) is -0.132. The number of pyridine rings is 1. The Morgan fingerprint density at radius 3 is 2.42 bits per heavy atom. The van der Waals surface area contributed by atoms with E-state index in [4.69, 9.17) is 19.9 Å². The number of Topliss-reactive ketones (excluding diaryl/α,β-unsaturated/α-hetero) is 1. The first kappa shape index (κ1) is 19.7. The van der Waals surface area contributed by atoms with Crippen LogP contribution in [0.3, 0.4) is 0 Å². The summed E-state index contributed by atoms with van der Waals surface area (Å²) in [5, 5.41) is 0. The zero-order chi connectivity index (χ0) is 18.3. The van der Waals surface area contributed by atoms with Gasteiger partial charge in [-0.05, 0) is 12.3 Å². The topological polar surface area (TPSA) is 101 Å². The van der Waals surface area contributed by atoms with Crippen LogP contribution in [-0.4, -0.2) is 36.4 Å². The van der Waals surface area contributed by atoms with Crippen molar-refractivity contribution in [1.82, 2.24) is 4.98 Å². The molecular weight excluding hydrogens is 319 g/mol. The van der Waals surface area contributed by atoms with Crippen molar-refractivity contribution in [1.29, 1.82) is 0 Å². The van der Waals surface area contributed by atoms with Gasteiger partial charge in [-0.25, -0.2) is 9.18 Å². The van der Waals surface area contributed by atoms with E-state index in [9.17, 15) is 14.0 Å². The molecule has 1 amide bonds. The standard InChI is InChI=1S/C16H23FN2O5/c1-10(20)14-11(23-9-17)7-19-8-12(14)24-13(16(2,3)4)5-6-22-15(18)21/h7-8,13H,5-6,9H2,1-4H3,(H2,18,21). The fourth-order valence-electron chi connectivity index (χ4n) is 2.12. The predicted octanol–water partition coefficient (Wildman–Crippen LogP) is 2.87. The molecule has 24 heavy (non-hydrogen) atoms. The van der Waals surface area contributed by atoms with Gasteiger partial charge >= 0.3 is 6.09 Å². The summed E-state index contributed by atoms with van der Waals surface area (Å²) < 4.78 is 28.0. The first-order valence-corrected chi connectivity index (χ1v) is 7.43. The zero-order valence-corrected chi connectivity index (χ0v) is 14.3. The van der Waals surface area contributed by atoms with Crippen molar-refractivity contribution in [3.63, 3.8) is 0 Å². The number of amides is 1. The number of aromatic nitrogens is 1. The number of hydrogen-bond donors (Lipinski definition) is 1. The molecule has 1 atom stereocenters. The zero-order valence-electron chi connectivity index (χ0n) is 14.3. The van der Waals surface area contributed by atoms with Gasteiger partial charge in [0, 0.05) is 6.42 Å². The van der Waals surface area contributed by atoms with Gasteiger partial charge in [-0.2, -0.15) is 0 Å². The highest BCUT2D eigenvalue weighted by Crippen LogP contribution is 2.33. The predicted molar refractivity (Wildman–Crippen MR) is 84.9 cm³/mol. The van der Waals surface area contributed by atoms with Crippen molar-refractivity contribution in [2.75, 3.05) is 13.5 Å². The SMILES string of the molecule is CC(=O)c1c(OCF)cncc1OC(CCOC(N)=O)C(C)(C)C. The van der Waals surface area contributed by atoms with Crippen LogP contribution in [0.5, 0.6) is 11.5 Å². The van der Waals surface area contributed by atoms with Gasteiger partial charge in [0.1, 0.15) is 11.7 Å². The third kappa shape index (κ3) is 5.68. The number of ketones is 1. The van der Waals surface area contributed by atoms with E-state index < -0.39 is 19.1 Å². The number of hydrogen-bond acceptors (Lipinski definition) is 6. The molecule has 0 aliphatic rings. The Balaban J connectivity index is 3.06. The molecule has 1 aromatic rings. The maximum Gasteiger partial charge on any atom is 0.404 e. The number of nitrogens with two attached hydrogens (primary N) is 1. The number of rotatable bonds is 8. The number of alkyl halides is 1. The Labute approximate surface area is 140 Å². The average Bonchev–Trinajstić information content (AvgIpc) is 2.45. The van der Waals surface area contributed by atoms with Crippen LogP contribution in [0.2, 0.25) is 0 Å². The lowest BCUT2D eigenvalue weighted by Crippen LogP contribution is -2.34. The third-order valence-corrected chi connectivity index (χ3v) is 3.30. The number of halogens is 1. The highest BCUT2D eigenvalue weighted by molar-refractivity contribution is 5.99. The van der Waals surface area contributed by atoms with Gasteiger partial charge in [0.2, 0.25) is 6.86 Å². The van der Waals surface area contributed by atoms with Crippen LogP contribution < -0.4 is 15.2 Å². The molecule has 1 rings (SSSR count). The third-order valence-electron chi connectivity index (χ3n) is 3.30. The number of ether oxygens (including phenoxy) is 3. The largest absolute Gasteiger partial charge is 0.487 e. The summed E-state index contributed by atoms with van der Waals surface area (Å²) in [4.78, 5) is 26.5. The van der Waals surface area contributed by atoms with Crippen LogP contribution in [-0.2, 0) is 4.74 Å². The molecule has 0 aromatic carbocycles. The highest BCUT2D eigenvalue weighted by Gasteiger charge is 2.29. The van der Waals surface area contributed by atoms with Gasteiger partial charge in [-0.15, -0.1) is 0 Å². The second-order valence-corrected chi connectivity index (χ2v) is 6.25. The maximum atomic E-state index is 12.5. The Hall–Kier alpha value is -2.38. The maximum absolute atomic E-state index is 12.5. The molecule has 8 heteroatoms. The van der Waals surface area contributed by atoms with E-state index in [1.807, 2.05) is 20.8 Å². The highest BCUT2D eigenvalue weighted by atomic mass is 19.1. The molecule has 7 nitrogen and oxygen atoms in total. The Kier molecular flexibility index (Phi) is 6.94. The number of primary amides is 1. The van der Waals surface area contributed by atoms with Crippen LogP contribution in [0, 0.1) is 5.41 Å². The molecule has 0 bridgehead atoms. The molecule has 1 unspecified atom stereocenters. The number of carbonyl (C=O) groups excluding carboxylic acids is 2. The minimum atomic E-state index is -1.08. The molecule has 0 saturated carbocycles. The van der Waals surface area contributed by atoms with Gasteiger partial charge in [0.25, 0.3) is 0 Å². The summed E-state index contributed by atoms with van der Waals surface area (Å²) in [6.07, 6.45) is 1.71. The lowest BCUT2D eigenvalue weighted by molar-refractivity contribution is 0.0543. The molecule has 0 radical (unpaired) electrons. The van der Waals surface area contributed by atoms with Crippen molar-refractivity contribution in [3.05, 3.63) is 18.0 Å². The van der Waals surface area contributed by atoms with Crippen molar-refractivity contribution in [2.45, 2.75) is 40.2 Å².